The van der Waals surface area contributed by atoms with Crippen molar-refractivity contribution in [3.63, 3.8) is 0 Å². The van der Waals surface area contributed by atoms with Crippen molar-refractivity contribution in [1.82, 2.24) is 19.5 Å². The molecule has 2 fully saturated rings. The van der Waals surface area contributed by atoms with Crippen LogP contribution in [0.3, 0.4) is 0 Å². The van der Waals surface area contributed by atoms with Crippen LogP contribution in [0.4, 0.5) is 0 Å². The van der Waals surface area contributed by atoms with E-state index in [1.54, 1.807) is 22.6 Å². The van der Waals surface area contributed by atoms with Gasteiger partial charge in [-0.25, -0.2) is 19.1 Å². The number of aliphatic hydroxyl groups excluding tert-OH is 4. The number of ether oxygens (including phenoxy) is 2. The van der Waals surface area contributed by atoms with Gasteiger partial charge in [0.05, 0.1) is 19.5 Å². The monoisotopic (exact) mass is 791 g/mol. The molecule has 246 valence electrons. The molecule has 45 heavy (non-hydrogen) atoms. The number of halogens is 1. The van der Waals surface area contributed by atoms with E-state index >= 15 is 0 Å². The fraction of sp³-hybridized carbons (Fsp3) is 0.476. The molecular weight excluding hydrogens is 765 g/mol. The van der Waals surface area contributed by atoms with Gasteiger partial charge >= 0.3 is 15.6 Å². The number of aromatic nitrogens is 5. The summed E-state index contributed by atoms with van der Waals surface area (Å²) in [6.45, 7) is -1.84. The Labute approximate surface area is 264 Å². The first-order chi connectivity index (χ1) is 21.1. The summed E-state index contributed by atoms with van der Waals surface area (Å²) in [5.74, 6) is -0.770. The molecule has 2 aliphatic rings. The van der Waals surface area contributed by atoms with Crippen molar-refractivity contribution in [2.45, 2.75) is 49.1 Å². The van der Waals surface area contributed by atoms with Crippen LogP contribution in [0.25, 0.3) is 11.2 Å². The number of aromatic amines is 1. The van der Waals surface area contributed by atoms with Crippen molar-refractivity contribution in [1.29, 1.82) is 0 Å². The number of carbonyl (C=O) groups is 1. The number of carbonyl (C=O) groups excluding carboxylic acids is 1. The van der Waals surface area contributed by atoms with E-state index in [0.29, 0.717) is 0 Å². The van der Waals surface area contributed by atoms with Gasteiger partial charge in [-0.05, 0) is 6.07 Å². The minimum Gasteiger partial charge on any atom is -0.387 e. The highest BCUT2D eigenvalue weighted by Gasteiger charge is 2.50. The Kier molecular flexibility index (Phi) is 9.90. The van der Waals surface area contributed by atoms with E-state index in [1.807, 2.05) is 0 Å². The highest BCUT2D eigenvalue weighted by atomic mass is 127. The van der Waals surface area contributed by atoms with Crippen molar-refractivity contribution < 1.29 is 71.5 Å². The summed E-state index contributed by atoms with van der Waals surface area (Å²) in [5, 5.41) is 41.8. The summed E-state index contributed by atoms with van der Waals surface area (Å²) in [7, 11) is -10.8. The van der Waals surface area contributed by atoms with E-state index in [0.717, 1.165) is 6.33 Å². The van der Waals surface area contributed by atoms with E-state index in [2.05, 4.69) is 23.8 Å². The normalized spacial score (nSPS) is 31.2. The fourth-order valence-corrected chi connectivity index (χ4v) is 7.46. The number of primary amides is 1. The molecule has 9 N–H and O–H groups in total. The quantitative estimate of drug-likeness (QED) is 0.0424. The molecule has 0 saturated carbocycles. The van der Waals surface area contributed by atoms with Gasteiger partial charge in [0.2, 0.25) is 0 Å². The number of nitrogens with two attached hydrogens (primary N) is 1. The van der Waals surface area contributed by atoms with Crippen LogP contribution in [0.2, 0.25) is 0 Å². The van der Waals surface area contributed by atoms with Crippen molar-refractivity contribution >= 4 is 55.3 Å². The molecule has 10 atom stereocenters. The van der Waals surface area contributed by atoms with Gasteiger partial charge in [-0.1, -0.05) is 0 Å². The maximum atomic E-state index is 12.5. The standard InChI is InChI=1S/C21H25IN6O15P2/c22-21-26-11-17(24-7-25-18(11)34)28(21)20-15(32)13(30)10(42-20)6-40-45(37,38)43-44(35,36)39-5-9-12(29)14(31)19(41-9)27-3-1-2-8(4-27)16(23)33/h1-4,7,9-10,12-15,19-20,29-32H,5-6H2,(H4-,23,24,25,33,34,35,36,37,38)/p+1/t9-,10-,12-,13-,14-,15-,19-,20-/m1/s1. The van der Waals surface area contributed by atoms with Gasteiger partial charge in [0.15, 0.2) is 39.7 Å². The zero-order valence-corrected chi connectivity index (χ0v) is 26.4. The number of hydrogen-bond donors (Lipinski definition) is 8. The molecule has 3 aromatic heterocycles. The molecule has 0 radical (unpaired) electrons. The largest absolute Gasteiger partial charge is 0.481 e. The van der Waals surface area contributed by atoms with Gasteiger partial charge in [-0.3, -0.25) is 23.2 Å². The second kappa shape index (κ2) is 13.1. The lowest BCUT2D eigenvalue weighted by molar-refractivity contribution is -0.765. The molecule has 3 aromatic rings. The van der Waals surface area contributed by atoms with Crippen LogP contribution in [0.5, 0.6) is 0 Å². The molecule has 0 bridgehead atoms. The van der Waals surface area contributed by atoms with Gasteiger partial charge in [-0.15, -0.1) is 0 Å². The maximum Gasteiger partial charge on any atom is 0.481 e. The lowest BCUT2D eigenvalue weighted by Crippen LogP contribution is -2.46. The number of aliphatic hydroxyl groups is 4. The SMILES string of the molecule is NC(=O)c1ccc[n+]([C@@H]2O[C@H](COP(=O)(O)OP(=O)(O)OC[C@H]3O[C@@H](n4c(I)nc5c(=O)[nH]cnc54)[C@H](O)[C@@H]3O)[C@@H](O)[C@H]2O)c1. The molecule has 2 saturated heterocycles. The summed E-state index contributed by atoms with van der Waals surface area (Å²) in [5.41, 5.74) is 4.68. The van der Waals surface area contributed by atoms with Crippen LogP contribution in [-0.2, 0) is 32.0 Å². The average molecular weight is 791 g/mol. The predicted molar refractivity (Wildman–Crippen MR) is 151 cm³/mol. The van der Waals surface area contributed by atoms with E-state index < -0.39 is 89.4 Å². The molecular formula is C21H26IN6O15P2+. The molecule has 0 aliphatic carbocycles. The molecule has 2 unspecified atom stereocenters. The van der Waals surface area contributed by atoms with Gasteiger partial charge in [0, 0.05) is 28.7 Å². The van der Waals surface area contributed by atoms with Crippen LogP contribution in [0.15, 0.2) is 35.6 Å². The molecule has 5 rings (SSSR count). The number of fused-ring (bicyclic) bond motifs is 1. The molecule has 0 aromatic carbocycles. The number of imidazole rings is 1. The van der Waals surface area contributed by atoms with E-state index in [-0.39, 0.29) is 20.6 Å². The molecule has 2 aliphatic heterocycles. The molecule has 1 amide bonds. The summed E-state index contributed by atoms with van der Waals surface area (Å²) < 4.78 is 52.2. The Bertz CT molecular complexity index is 1740. The lowest BCUT2D eigenvalue weighted by Gasteiger charge is -2.20. The number of phosphoric ester groups is 2. The molecule has 0 spiro atoms. The van der Waals surface area contributed by atoms with Gasteiger partial charge in [-0.2, -0.15) is 8.88 Å². The molecule has 5 heterocycles. The summed E-state index contributed by atoms with van der Waals surface area (Å²) in [4.78, 5) is 54.0. The highest BCUT2D eigenvalue weighted by Crippen LogP contribution is 2.60. The number of nitrogens with one attached hydrogen (secondary N) is 1. The number of H-pyrrole nitrogens is 1. The van der Waals surface area contributed by atoms with Crippen LogP contribution in [0, 0.1) is 3.83 Å². The van der Waals surface area contributed by atoms with E-state index in [1.165, 1.54) is 33.7 Å². The molecule has 24 heteroatoms. The van der Waals surface area contributed by atoms with Crippen LogP contribution in [-0.4, -0.2) is 105 Å². The van der Waals surface area contributed by atoms with Gasteiger partial charge < -0.3 is 50.4 Å². The van der Waals surface area contributed by atoms with Crippen molar-refractivity contribution in [2.75, 3.05) is 13.2 Å². The summed E-state index contributed by atoms with van der Waals surface area (Å²) in [6.07, 6.45) is -8.41. The third kappa shape index (κ3) is 7.18. The third-order valence-electron chi connectivity index (χ3n) is 6.78. The minimum absolute atomic E-state index is 0.0171. The number of nitrogens with zero attached hydrogens (tertiary/aromatic N) is 4. The average Bonchev–Trinajstić information content (AvgIpc) is 3.56. The van der Waals surface area contributed by atoms with E-state index in [4.69, 9.17) is 19.7 Å². The van der Waals surface area contributed by atoms with Crippen molar-refractivity contribution in [2.24, 2.45) is 5.73 Å². The van der Waals surface area contributed by atoms with Crippen LogP contribution in [0.1, 0.15) is 22.8 Å². The summed E-state index contributed by atoms with van der Waals surface area (Å²) in [6, 6.07) is 2.83. The smallest absolute Gasteiger partial charge is 0.387 e. The Balaban J connectivity index is 1.17. The van der Waals surface area contributed by atoms with Gasteiger partial charge in [0.25, 0.3) is 17.7 Å². The first-order valence-electron chi connectivity index (χ1n) is 12.7. The fourth-order valence-electron chi connectivity index (χ4n) is 4.62. The first-order valence-corrected chi connectivity index (χ1v) is 16.8. The Hall–Kier alpha value is -2.28. The van der Waals surface area contributed by atoms with Crippen molar-refractivity contribution in [3.8, 4) is 0 Å². The van der Waals surface area contributed by atoms with Crippen LogP contribution < -0.4 is 15.9 Å². The Morgan fingerprint density at radius 2 is 1.69 bits per heavy atom. The van der Waals surface area contributed by atoms with Crippen molar-refractivity contribution in [3.05, 3.63) is 50.6 Å². The topological polar surface area (TPSA) is 312 Å². The lowest BCUT2D eigenvalue weighted by atomic mass is 10.1. The Morgan fingerprint density at radius 3 is 2.33 bits per heavy atom. The minimum atomic E-state index is -5.40. The summed E-state index contributed by atoms with van der Waals surface area (Å²) >= 11 is 1.75. The number of amides is 1. The number of hydrogen-bond acceptors (Lipinski definition) is 15. The Morgan fingerprint density at radius 1 is 1.07 bits per heavy atom. The third-order valence-corrected chi connectivity index (χ3v) is 10.1. The number of phosphoric acid groups is 2. The zero-order chi connectivity index (χ0) is 32.8. The second-order valence-corrected chi connectivity index (χ2v) is 13.8. The number of rotatable bonds is 11. The zero-order valence-electron chi connectivity index (χ0n) is 22.4. The van der Waals surface area contributed by atoms with Gasteiger partial charge in [0.1, 0.15) is 36.1 Å². The number of pyridine rings is 1. The van der Waals surface area contributed by atoms with Crippen LogP contribution >= 0.6 is 38.2 Å². The molecule has 21 nitrogen and oxygen atoms in total. The first kappa shape index (κ1) is 34.1. The predicted octanol–water partition coefficient (Wildman–Crippen LogP) is -2.70. The second-order valence-electron chi connectivity index (χ2n) is 9.76. The van der Waals surface area contributed by atoms with E-state index in [9.17, 15) is 48.9 Å². The maximum absolute atomic E-state index is 12.5. The highest BCUT2D eigenvalue weighted by molar-refractivity contribution is 14.1.